The van der Waals surface area contributed by atoms with Crippen molar-refractivity contribution in [1.82, 2.24) is 14.5 Å². The fraction of sp³-hybridized carbons (Fsp3) is 0.353. The van der Waals surface area contributed by atoms with Crippen molar-refractivity contribution in [2.45, 2.75) is 50.5 Å². The van der Waals surface area contributed by atoms with Crippen molar-refractivity contribution < 1.29 is 32.6 Å². The number of aromatic nitrogens is 2. The zero-order valence-electron chi connectivity index (χ0n) is 26.8. The number of ether oxygens (including phenoxy) is 3. The maximum absolute atomic E-state index is 15.6. The topological polar surface area (TPSA) is 86.1 Å². The Bertz CT molecular complexity index is 1870. The molecule has 0 spiro atoms. The Balaban J connectivity index is 1.10. The molecule has 1 N–H and O–H groups in total. The van der Waals surface area contributed by atoms with Gasteiger partial charge in [-0.2, -0.15) is 0 Å². The molecule has 2 saturated heterocycles. The van der Waals surface area contributed by atoms with Gasteiger partial charge >= 0.3 is 5.97 Å². The van der Waals surface area contributed by atoms with E-state index in [1.165, 1.54) is 12.1 Å². The number of likely N-dealkylation sites (tertiary alicyclic amines) is 1. The molecule has 0 saturated carbocycles. The molecule has 8 nitrogen and oxygen atoms in total. The zero-order chi connectivity index (χ0) is 32.9. The van der Waals surface area contributed by atoms with E-state index in [0.717, 1.165) is 61.4 Å². The van der Waals surface area contributed by atoms with Crippen molar-refractivity contribution in [3.63, 3.8) is 0 Å². The summed E-state index contributed by atoms with van der Waals surface area (Å²) in [5.41, 5.74) is 3.39. The van der Waals surface area contributed by atoms with Crippen LogP contribution in [-0.4, -0.2) is 58.4 Å². The van der Waals surface area contributed by atoms with Crippen LogP contribution in [0.25, 0.3) is 16.9 Å². The van der Waals surface area contributed by atoms with Gasteiger partial charge in [0.25, 0.3) is 0 Å². The lowest BCUT2D eigenvalue weighted by Gasteiger charge is -2.34. The monoisotopic (exact) mass is 620 g/mol. The molecule has 3 aliphatic heterocycles. The molecule has 0 aliphatic carbocycles. The highest BCUT2D eigenvalue weighted by Crippen LogP contribution is 2.46. The van der Waals surface area contributed by atoms with E-state index in [2.05, 4.69) is 9.47 Å². The summed E-state index contributed by atoms with van der Waals surface area (Å²) < 4.78 is 57.7. The number of halogens is 2. The fourth-order valence-electron chi connectivity index (χ4n) is 6.43. The molecule has 10 heteroatoms. The van der Waals surface area contributed by atoms with Crippen molar-refractivity contribution >= 4 is 34.4 Å². The van der Waals surface area contributed by atoms with Crippen LogP contribution in [0.2, 0.25) is 5.02 Å². The van der Waals surface area contributed by atoms with Gasteiger partial charge in [0.05, 0.1) is 52.5 Å². The Hall–Kier alpha value is -3.92. The number of hydrogen-bond acceptors (Lipinski definition) is 6. The summed E-state index contributed by atoms with van der Waals surface area (Å²) in [7, 11) is -2.72. The molecule has 7 rings (SSSR count). The lowest BCUT2D eigenvalue weighted by atomic mass is 9.86. The highest BCUT2D eigenvalue weighted by atomic mass is 35.5. The number of nitrogens with zero attached hydrogens (tertiary/aromatic N) is 3. The minimum atomic E-state index is -2.72. The van der Waals surface area contributed by atoms with Crippen molar-refractivity contribution in [3.8, 4) is 11.5 Å². The molecule has 4 aromatic rings. The molecule has 1 unspecified atom stereocenters. The third-order valence-electron chi connectivity index (χ3n) is 8.88. The number of fused-ring (bicyclic) bond motifs is 2. The summed E-state index contributed by atoms with van der Waals surface area (Å²) in [6.07, 6.45) is 3.06. The van der Waals surface area contributed by atoms with Crippen LogP contribution < -0.4 is 9.47 Å². The second-order valence-electron chi connectivity index (χ2n) is 11.5. The predicted molar refractivity (Wildman–Crippen MR) is 165 cm³/mol. The number of benzene rings is 3. The Morgan fingerprint density at radius 1 is 1.16 bits per heavy atom. The van der Waals surface area contributed by atoms with Crippen molar-refractivity contribution in [2.24, 2.45) is 0 Å². The first-order valence-electron chi connectivity index (χ1n) is 16.2. The first kappa shape index (κ1) is 25.4. The number of imidazole rings is 1. The number of carbonyl (C=O) groups is 1. The van der Waals surface area contributed by atoms with Gasteiger partial charge in [0, 0.05) is 17.2 Å². The Labute approximate surface area is 263 Å². The number of hydrogen-bond donors (Lipinski definition) is 1. The lowest BCUT2D eigenvalue weighted by Crippen LogP contribution is -2.35. The van der Waals surface area contributed by atoms with Gasteiger partial charge in [-0.1, -0.05) is 23.7 Å². The molecule has 2 atom stereocenters. The summed E-state index contributed by atoms with van der Waals surface area (Å²) >= 11 is 6.13. The summed E-state index contributed by atoms with van der Waals surface area (Å²) in [5.74, 6) is -0.00119. The van der Waals surface area contributed by atoms with Gasteiger partial charge < -0.3 is 23.9 Å². The second-order valence-corrected chi connectivity index (χ2v) is 12.0. The molecular formula is C34H33ClFN3O5. The van der Waals surface area contributed by atoms with Crippen molar-refractivity contribution in [2.75, 3.05) is 26.7 Å². The Morgan fingerprint density at radius 3 is 2.75 bits per heavy atom. The number of piperidine rings is 1. The van der Waals surface area contributed by atoms with Gasteiger partial charge in [0.1, 0.15) is 29.3 Å². The molecule has 44 heavy (non-hydrogen) atoms. The Kier molecular flexibility index (Phi) is 6.86. The van der Waals surface area contributed by atoms with Crippen LogP contribution in [0.1, 0.15) is 68.3 Å². The molecule has 1 aromatic heterocycles. The van der Waals surface area contributed by atoms with Crippen molar-refractivity contribution in [3.05, 3.63) is 93.8 Å². The quantitative estimate of drug-likeness (QED) is 0.227. The Morgan fingerprint density at radius 2 is 2.00 bits per heavy atom. The molecule has 0 bridgehead atoms. The third-order valence-corrected chi connectivity index (χ3v) is 9.12. The molecule has 3 aromatic carbocycles. The number of carboxylic acids is 1. The summed E-state index contributed by atoms with van der Waals surface area (Å²) in [6, 6.07) is 15.1. The molecule has 4 heterocycles. The third kappa shape index (κ3) is 5.44. The first-order valence-corrected chi connectivity index (χ1v) is 15.1. The van der Waals surface area contributed by atoms with Crippen molar-refractivity contribution in [1.29, 1.82) is 0 Å². The molecule has 228 valence electrons. The zero-order valence-corrected chi connectivity index (χ0v) is 24.6. The average Bonchev–Trinajstić information content (AvgIpc) is 3.34. The molecule has 3 aliphatic rings. The van der Waals surface area contributed by atoms with E-state index in [0.29, 0.717) is 30.0 Å². The van der Waals surface area contributed by atoms with E-state index < -0.39 is 24.9 Å². The lowest BCUT2D eigenvalue weighted by molar-refractivity contribution is -0.0592. The smallest absolute Gasteiger partial charge is 0.335 e. The normalized spacial score (nSPS) is 21.8. The number of rotatable bonds is 8. The second kappa shape index (κ2) is 11.9. The number of aromatic carboxylic acids is 1. The highest BCUT2D eigenvalue weighted by Gasteiger charge is 2.31. The maximum Gasteiger partial charge on any atom is 0.335 e. The van der Waals surface area contributed by atoms with E-state index in [4.69, 9.17) is 34.9 Å². The van der Waals surface area contributed by atoms with Gasteiger partial charge in [-0.25, -0.2) is 14.2 Å². The van der Waals surface area contributed by atoms with Gasteiger partial charge in [-0.15, -0.1) is 0 Å². The molecule has 2 fully saturated rings. The van der Waals surface area contributed by atoms with Crippen LogP contribution in [0.5, 0.6) is 11.5 Å². The number of para-hydroxylation sites is 1. The predicted octanol–water partition coefficient (Wildman–Crippen LogP) is 7.01. The van der Waals surface area contributed by atoms with Crippen LogP contribution >= 0.6 is 11.6 Å². The van der Waals surface area contributed by atoms with Crippen LogP contribution in [0.3, 0.4) is 0 Å². The minimum absolute atomic E-state index is 0.00913. The maximum atomic E-state index is 15.6. The van der Waals surface area contributed by atoms with E-state index in [1.54, 1.807) is 36.4 Å². The van der Waals surface area contributed by atoms with Crippen LogP contribution in [0, 0.1) is 0 Å². The van der Waals surface area contributed by atoms with Gasteiger partial charge in [-0.05, 0) is 92.4 Å². The van der Waals surface area contributed by atoms with E-state index in [1.807, 2.05) is 12.1 Å². The van der Waals surface area contributed by atoms with E-state index in [9.17, 15) is 9.90 Å². The fourth-order valence-corrected chi connectivity index (χ4v) is 6.59. The van der Waals surface area contributed by atoms with Crippen LogP contribution in [-0.2, 0) is 17.8 Å². The van der Waals surface area contributed by atoms with E-state index in [-0.39, 0.29) is 28.4 Å². The SMILES string of the molecule is [2H]C([2H])([2H])Oc1cc(Cl)ccc1C1C=C(F)c2cccc(C3CCN(Cc4nc5ccc(C(=O)O)cc5n4C[C@@H]4CCO4)CC3)c2O1. The van der Waals surface area contributed by atoms with Crippen LogP contribution in [0.15, 0.2) is 60.7 Å². The average molecular weight is 621 g/mol. The summed E-state index contributed by atoms with van der Waals surface area (Å²) in [4.78, 5) is 18.9. The minimum Gasteiger partial charge on any atom is -0.496 e. The van der Waals surface area contributed by atoms with Crippen LogP contribution in [0.4, 0.5) is 4.39 Å². The first-order chi connectivity index (χ1) is 22.5. The number of carboxylic acid groups (broad SMARTS) is 1. The standard InChI is InChI=1S/C34H33ClFN3O5/c1-42-30-16-22(35)6-7-26(30)31-17-27(36)25-4-2-3-24(33(25)44-31)20-9-12-38(13-10-20)19-32-37-28-8-5-21(34(40)41)15-29(28)39(32)18-23-11-14-43-23/h2-8,15-17,20,23,31H,9-14,18-19H2,1H3,(H,40,41)/t23-,31?/m0/s1/i1D3. The molecule has 0 radical (unpaired) electrons. The van der Waals surface area contributed by atoms with Gasteiger partial charge in [0.15, 0.2) is 0 Å². The van der Waals surface area contributed by atoms with E-state index >= 15 is 4.39 Å². The number of methoxy groups -OCH3 is 1. The summed E-state index contributed by atoms with van der Waals surface area (Å²) in [6.45, 7) is 3.49. The van der Waals surface area contributed by atoms with Gasteiger partial charge in [0.2, 0.25) is 0 Å². The largest absolute Gasteiger partial charge is 0.496 e. The molecule has 0 amide bonds. The molecular weight excluding hydrogens is 585 g/mol. The summed E-state index contributed by atoms with van der Waals surface area (Å²) in [5, 5.41) is 9.85. The highest BCUT2D eigenvalue weighted by molar-refractivity contribution is 6.30. The van der Waals surface area contributed by atoms with Gasteiger partial charge in [-0.3, -0.25) is 4.90 Å².